The molecule has 1 aromatic carbocycles. The van der Waals surface area contributed by atoms with Crippen LogP contribution in [0.3, 0.4) is 0 Å². The predicted molar refractivity (Wildman–Crippen MR) is 92.3 cm³/mol. The average Bonchev–Trinajstić information content (AvgIpc) is 2.44. The van der Waals surface area contributed by atoms with Crippen molar-refractivity contribution in [2.45, 2.75) is 59.1 Å². The number of rotatable bonds is 10. The molecule has 0 unspecified atom stereocenters. The lowest BCUT2D eigenvalue weighted by atomic mass is 10.2. The second kappa shape index (κ2) is 10.1. The van der Waals surface area contributed by atoms with Gasteiger partial charge >= 0.3 is 0 Å². The minimum absolute atomic E-state index is 0.133. The van der Waals surface area contributed by atoms with Crippen LogP contribution in [0.4, 0.5) is 0 Å². The molecule has 1 aromatic rings. The summed E-state index contributed by atoms with van der Waals surface area (Å²) < 4.78 is 12.2. The standard InChI is InChI=1S/C17H28BrNO2/c1-5-6-7-8-9-19-12-14-10-16(20-4)17(11-15(14)18)21-13(2)3/h10-11,13,19H,5-9,12H2,1-4H3. The second-order valence-corrected chi connectivity index (χ2v) is 6.35. The maximum Gasteiger partial charge on any atom is 0.162 e. The highest BCUT2D eigenvalue weighted by atomic mass is 79.9. The van der Waals surface area contributed by atoms with Crippen molar-refractivity contribution in [3.63, 3.8) is 0 Å². The van der Waals surface area contributed by atoms with Crippen LogP contribution in [0.5, 0.6) is 11.5 Å². The fourth-order valence-electron chi connectivity index (χ4n) is 2.12. The Morgan fingerprint density at radius 1 is 1.14 bits per heavy atom. The Kier molecular flexibility index (Phi) is 8.77. The highest BCUT2D eigenvalue weighted by Gasteiger charge is 2.11. The molecule has 0 aliphatic rings. The summed E-state index contributed by atoms with van der Waals surface area (Å²) in [5, 5.41) is 3.49. The number of unbranched alkanes of at least 4 members (excludes halogenated alkanes) is 3. The van der Waals surface area contributed by atoms with E-state index in [0.717, 1.165) is 29.1 Å². The van der Waals surface area contributed by atoms with Gasteiger partial charge in [-0.15, -0.1) is 0 Å². The van der Waals surface area contributed by atoms with Crippen LogP contribution in [0.2, 0.25) is 0 Å². The molecule has 21 heavy (non-hydrogen) atoms. The van der Waals surface area contributed by atoms with Gasteiger partial charge in [-0.05, 0) is 44.5 Å². The third-order valence-electron chi connectivity index (χ3n) is 3.22. The van der Waals surface area contributed by atoms with E-state index < -0.39 is 0 Å². The maximum atomic E-state index is 5.77. The van der Waals surface area contributed by atoms with Gasteiger partial charge in [-0.2, -0.15) is 0 Å². The number of nitrogens with one attached hydrogen (secondary N) is 1. The summed E-state index contributed by atoms with van der Waals surface area (Å²) in [5.41, 5.74) is 1.19. The molecule has 0 radical (unpaired) electrons. The van der Waals surface area contributed by atoms with Crippen molar-refractivity contribution in [2.75, 3.05) is 13.7 Å². The highest BCUT2D eigenvalue weighted by molar-refractivity contribution is 9.10. The second-order valence-electron chi connectivity index (χ2n) is 5.50. The first-order valence-electron chi connectivity index (χ1n) is 7.82. The molecule has 0 bridgehead atoms. The molecule has 1 N–H and O–H groups in total. The first-order chi connectivity index (χ1) is 10.1. The molecule has 3 nitrogen and oxygen atoms in total. The Balaban J connectivity index is 2.58. The number of benzene rings is 1. The molecule has 0 atom stereocenters. The van der Waals surface area contributed by atoms with Crippen LogP contribution in [0, 0.1) is 0 Å². The fraction of sp³-hybridized carbons (Fsp3) is 0.647. The normalized spacial score (nSPS) is 11.0. The Morgan fingerprint density at radius 3 is 2.52 bits per heavy atom. The summed E-state index contributed by atoms with van der Waals surface area (Å²) >= 11 is 3.62. The van der Waals surface area contributed by atoms with Crippen LogP contribution in [0.25, 0.3) is 0 Å². The molecule has 0 aromatic heterocycles. The molecule has 0 fully saturated rings. The summed E-state index contributed by atoms with van der Waals surface area (Å²) in [6, 6.07) is 4.04. The van der Waals surface area contributed by atoms with Crippen molar-refractivity contribution in [3.05, 3.63) is 22.2 Å². The summed E-state index contributed by atoms with van der Waals surface area (Å²) in [7, 11) is 1.68. The van der Waals surface area contributed by atoms with E-state index in [4.69, 9.17) is 9.47 Å². The molecule has 1 rings (SSSR count). The molecule has 0 aliphatic carbocycles. The van der Waals surface area contributed by atoms with Crippen molar-refractivity contribution in [1.82, 2.24) is 5.32 Å². The Bertz CT molecular complexity index is 421. The number of hydrogen-bond donors (Lipinski definition) is 1. The van der Waals surface area contributed by atoms with Crippen LogP contribution in [-0.4, -0.2) is 19.8 Å². The van der Waals surface area contributed by atoms with Gasteiger partial charge in [0.25, 0.3) is 0 Å². The van der Waals surface area contributed by atoms with Gasteiger partial charge in [0.15, 0.2) is 11.5 Å². The number of halogens is 1. The van der Waals surface area contributed by atoms with Gasteiger partial charge in [0.2, 0.25) is 0 Å². The van der Waals surface area contributed by atoms with E-state index in [2.05, 4.69) is 28.2 Å². The Hall–Kier alpha value is -0.740. The monoisotopic (exact) mass is 357 g/mol. The van der Waals surface area contributed by atoms with Crippen LogP contribution < -0.4 is 14.8 Å². The first-order valence-corrected chi connectivity index (χ1v) is 8.61. The van der Waals surface area contributed by atoms with E-state index in [9.17, 15) is 0 Å². The van der Waals surface area contributed by atoms with Gasteiger partial charge in [-0.1, -0.05) is 42.1 Å². The zero-order valence-electron chi connectivity index (χ0n) is 13.7. The topological polar surface area (TPSA) is 30.5 Å². The molecule has 0 spiro atoms. The van der Waals surface area contributed by atoms with E-state index in [-0.39, 0.29) is 6.10 Å². The van der Waals surface area contributed by atoms with Crippen molar-refractivity contribution in [3.8, 4) is 11.5 Å². The lowest BCUT2D eigenvalue weighted by Gasteiger charge is -2.16. The quantitative estimate of drug-likeness (QED) is 0.603. The molecule has 0 saturated carbocycles. The van der Waals surface area contributed by atoms with Gasteiger partial charge in [0.05, 0.1) is 13.2 Å². The highest BCUT2D eigenvalue weighted by Crippen LogP contribution is 2.34. The first kappa shape index (κ1) is 18.3. The van der Waals surface area contributed by atoms with E-state index >= 15 is 0 Å². The average molecular weight is 358 g/mol. The van der Waals surface area contributed by atoms with Crippen LogP contribution in [-0.2, 0) is 6.54 Å². The Morgan fingerprint density at radius 2 is 1.90 bits per heavy atom. The maximum absolute atomic E-state index is 5.77. The summed E-state index contributed by atoms with van der Waals surface area (Å²) in [6.45, 7) is 8.15. The number of ether oxygens (including phenoxy) is 2. The van der Waals surface area contributed by atoms with E-state index in [0.29, 0.717) is 0 Å². The lowest BCUT2D eigenvalue weighted by Crippen LogP contribution is -2.15. The molecule has 4 heteroatoms. The van der Waals surface area contributed by atoms with Crippen LogP contribution in [0.15, 0.2) is 16.6 Å². The van der Waals surface area contributed by atoms with E-state index in [1.54, 1.807) is 7.11 Å². The van der Waals surface area contributed by atoms with Crippen molar-refractivity contribution >= 4 is 15.9 Å². The molecule has 0 amide bonds. The molecular formula is C17H28BrNO2. The minimum Gasteiger partial charge on any atom is -0.493 e. The zero-order chi connectivity index (χ0) is 15.7. The van der Waals surface area contributed by atoms with E-state index in [1.807, 2.05) is 26.0 Å². The molecule has 0 aliphatic heterocycles. The van der Waals surface area contributed by atoms with Gasteiger partial charge in [-0.25, -0.2) is 0 Å². The van der Waals surface area contributed by atoms with E-state index in [1.165, 1.54) is 31.2 Å². The molecule has 120 valence electrons. The molecular weight excluding hydrogens is 330 g/mol. The third-order valence-corrected chi connectivity index (χ3v) is 3.96. The van der Waals surface area contributed by atoms with Gasteiger partial charge < -0.3 is 14.8 Å². The SMILES string of the molecule is CCCCCCNCc1cc(OC)c(OC(C)C)cc1Br. The molecule has 0 saturated heterocycles. The molecule has 0 heterocycles. The Labute approximate surface area is 137 Å². The van der Waals surface area contributed by atoms with Crippen molar-refractivity contribution in [1.29, 1.82) is 0 Å². The summed E-state index contributed by atoms with van der Waals surface area (Å²) in [4.78, 5) is 0. The number of methoxy groups -OCH3 is 1. The lowest BCUT2D eigenvalue weighted by molar-refractivity contribution is 0.230. The van der Waals surface area contributed by atoms with Gasteiger partial charge in [0, 0.05) is 11.0 Å². The zero-order valence-corrected chi connectivity index (χ0v) is 15.3. The summed E-state index contributed by atoms with van der Waals surface area (Å²) in [6.07, 6.45) is 5.26. The van der Waals surface area contributed by atoms with Crippen molar-refractivity contribution in [2.24, 2.45) is 0 Å². The van der Waals surface area contributed by atoms with Crippen molar-refractivity contribution < 1.29 is 9.47 Å². The van der Waals surface area contributed by atoms with Gasteiger partial charge in [0.1, 0.15) is 0 Å². The predicted octanol–water partition coefficient (Wildman–Crippen LogP) is 4.91. The fourth-order valence-corrected chi connectivity index (χ4v) is 2.58. The largest absolute Gasteiger partial charge is 0.493 e. The van der Waals surface area contributed by atoms with Crippen LogP contribution >= 0.6 is 15.9 Å². The third kappa shape index (κ3) is 6.70. The van der Waals surface area contributed by atoms with Crippen LogP contribution in [0.1, 0.15) is 52.0 Å². The van der Waals surface area contributed by atoms with Gasteiger partial charge in [-0.3, -0.25) is 0 Å². The number of hydrogen-bond acceptors (Lipinski definition) is 3. The smallest absolute Gasteiger partial charge is 0.162 e. The minimum atomic E-state index is 0.133. The summed E-state index contributed by atoms with van der Waals surface area (Å²) in [5.74, 6) is 1.57.